The van der Waals surface area contributed by atoms with Crippen LogP contribution in [0.5, 0.6) is 5.75 Å². The molecule has 0 saturated carbocycles. The second-order valence-corrected chi connectivity index (χ2v) is 10.4. The van der Waals surface area contributed by atoms with E-state index >= 15 is 0 Å². The second kappa shape index (κ2) is 16.5. The number of hydrogen-bond donors (Lipinski definition) is 3. The normalized spacial score (nSPS) is 11.3. The van der Waals surface area contributed by atoms with Crippen molar-refractivity contribution in [1.82, 2.24) is 5.32 Å². The van der Waals surface area contributed by atoms with Crippen molar-refractivity contribution >= 4 is 23.3 Å². The van der Waals surface area contributed by atoms with Gasteiger partial charge in [-0.3, -0.25) is 9.59 Å². The van der Waals surface area contributed by atoms with E-state index in [2.05, 4.69) is 22.8 Å². The molecule has 0 saturated heterocycles. The van der Waals surface area contributed by atoms with Crippen LogP contribution in [0.15, 0.2) is 109 Å². The second-order valence-electron chi connectivity index (χ2n) is 10.4. The molecule has 4 aromatic rings. The van der Waals surface area contributed by atoms with Gasteiger partial charge < -0.3 is 20.5 Å². The first-order valence-corrected chi connectivity index (χ1v) is 14.7. The first-order chi connectivity index (χ1) is 21.0. The van der Waals surface area contributed by atoms with E-state index in [0.717, 1.165) is 31.2 Å². The number of carbonyl (C=O) groups excluding carboxylic acids is 2. The highest BCUT2D eigenvalue weighted by molar-refractivity contribution is 6.12. The topological polar surface area (TPSA) is 105 Å². The van der Waals surface area contributed by atoms with Gasteiger partial charge in [0.05, 0.1) is 6.54 Å². The fourth-order valence-electron chi connectivity index (χ4n) is 4.78. The Balaban J connectivity index is 1.19. The highest BCUT2D eigenvalue weighted by Crippen LogP contribution is 2.22. The van der Waals surface area contributed by atoms with Gasteiger partial charge in [-0.1, -0.05) is 91.3 Å². The zero-order chi connectivity index (χ0) is 30.3. The van der Waals surface area contributed by atoms with Crippen LogP contribution in [0.4, 0.5) is 5.69 Å². The van der Waals surface area contributed by atoms with Gasteiger partial charge in [0, 0.05) is 29.7 Å². The maximum Gasteiger partial charge on any atom is 0.326 e. The number of carboxylic acids is 1. The number of amides is 1. The standard InChI is InChI=1S/C36H38N2O5/c39-34(19-9-2-6-14-27-12-4-1-5-13-27)37-24-25-43-30-22-20-28(21-23-30)26-33(36(41)42)38-32-18-11-10-17-31(32)35(40)29-15-7-3-8-16-29/h1,3-5,7-8,10-13,15-18,20-23,33,38H,2,6,9,14,19,24-26H2,(H,37,39)(H,41,42). The van der Waals surface area contributed by atoms with Crippen LogP contribution in [-0.4, -0.2) is 42.0 Å². The van der Waals surface area contributed by atoms with Crippen LogP contribution < -0.4 is 15.4 Å². The number of benzene rings is 4. The van der Waals surface area contributed by atoms with E-state index in [0.29, 0.717) is 42.1 Å². The summed E-state index contributed by atoms with van der Waals surface area (Å²) in [6, 6.07) is 32.5. The number of ether oxygens (including phenoxy) is 1. The van der Waals surface area contributed by atoms with Gasteiger partial charge in [-0.25, -0.2) is 4.79 Å². The molecule has 3 N–H and O–H groups in total. The quantitative estimate of drug-likeness (QED) is 0.100. The molecule has 4 aromatic carbocycles. The van der Waals surface area contributed by atoms with E-state index < -0.39 is 12.0 Å². The summed E-state index contributed by atoms with van der Waals surface area (Å²) in [5, 5.41) is 15.9. The van der Waals surface area contributed by atoms with Crippen molar-refractivity contribution < 1.29 is 24.2 Å². The van der Waals surface area contributed by atoms with Gasteiger partial charge in [-0.2, -0.15) is 0 Å². The minimum Gasteiger partial charge on any atom is -0.492 e. The van der Waals surface area contributed by atoms with Crippen LogP contribution in [-0.2, 0) is 22.4 Å². The van der Waals surface area contributed by atoms with E-state index in [1.165, 1.54) is 5.56 Å². The van der Waals surface area contributed by atoms with Gasteiger partial charge in [-0.15, -0.1) is 0 Å². The lowest BCUT2D eigenvalue weighted by Crippen LogP contribution is -2.32. The number of rotatable bonds is 17. The summed E-state index contributed by atoms with van der Waals surface area (Å²) in [5.41, 5.74) is 3.55. The van der Waals surface area contributed by atoms with Crippen molar-refractivity contribution in [2.24, 2.45) is 0 Å². The largest absolute Gasteiger partial charge is 0.492 e. The molecule has 222 valence electrons. The smallest absolute Gasteiger partial charge is 0.326 e. The lowest BCUT2D eigenvalue weighted by atomic mass is 10.00. The van der Waals surface area contributed by atoms with E-state index in [1.807, 2.05) is 36.4 Å². The summed E-state index contributed by atoms with van der Waals surface area (Å²) in [4.78, 5) is 37.3. The van der Waals surface area contributed by atoms with E-state index in [4.69, 9.17) is 4.74 Å². The van der Waals surface area contributed by atoms with Crippen molar-refractivity contribution in [3.63, 3.8) is 0 Å². The van der Waals surface area contributed by atoms with E-state index in [-0.39, 0.29) is 18.1 Å². The van der Waals surface area contributed by atoms with Crippen molar-refractivity contribution in [2.45, 2.75) is 44.6 Å². The molecule has 1 unspecified atom stereocenters. The lowest BCUT2D eigenvalue weighted by Gasteiger charge is -2.18. The predicted molar refractivity (Wildman–Crippen MR) is 169 cm³/mol. The molecule has 0 heterocycles. The van der Waals surface area contributed by atoms with E-state index in [1.54, 1.807) is 60.7 Å². The SMILES string of the molecule is O=C(CCCCCc1ccccc1)NCCOc1ccc(CC(Nc2ccccc2C(=O)c2ccccc2)C(=O)O)cc1. The van der Waals surface area contributed by atoms with Crippen LogP contribution >= 0.6 is 0 Å². The average molecular weight is 579 g/mol. The Hall–Kier alpha value is -4.91. The summed E-state index contributed by atoms with van der Waals surface area (Å²) in [6.45, 7) is 0.751. The number of unbranched alkanes of at least 4 members (excludes halogenated alkanes) is 2. The molecular formula is C36H38N2O5. The van der Waals surface area contributed by atoms with Gasteiger partial charge in [0.1, 0.15) is 18.4 Å². The Morgan fingerprint density at radius 3 is 2.12 bits per heavy atom. The average Bonchev–Trinajstić information content (AvgIpc) is 3.04. The summed E-state index contributed by atoms with van der Waals surface area (Å²) in [6.07, 6.45) is 4.70. The Labute approximate surface area is 252 Å². The molecule has 0 radical (unpaired) electrons. The number of anilines is 1. The molecule has 0 aliphatic carbocycles. The van der Waals surface area contributed by atoms with Crippen LogP contribution in [0, 0.1) is 0 Å². The maximum absolute atomic E-state index is 13.1. The Morgan fingerprint density at radius 2 is 1.40 bits per heavy atom. The monoisotopic (exact) mass is 578 g/mol. The molecule has 1 atom stereocenters. The fourth-order valence-corrected chi connectivity index (χ4v) is 4.78. The fraction of sp³-hybridized carbons (Fsp3) is 0.250. The third kappa shape index (κ3) is 10.1. The van der Waals surface area contributed by atoms with E-state index in [9.17, 15) is 19.5 Å². The summed E-state index contributed by atoms with van der Waals surface area (Å²) < 4.78 is 5.75. The molecule has 7 heteroatoms. The minimum atomic E-state index is -1.02. The number of nitrogens with one attached hydrogen (secondary N) is 2. The molecule has 0 aliphatic rings. The molecule has 43 heavy (non-hydrogen) atoms. The van der Waals surface area contributed by atoms with Gasteiger partial charge in [0.2, 0.25) is 5.91 Å². The van der Waals surface area contributed by atoms with Gasteiger partial charge in [-0.05, 0) is 54.7 Å². The van der Waals surface area contributed by atoms with Crippen molar-refractivity contribution in [3.05, 3.63) is 131 Å². The molecule has 1 amide bonds. The lowest BCUT2D eigenvalue weighted by molar-refractivity contribution is -0.137. The zero-order valence-corrected chi connectivity index (χ0v) is 24.2. The first kappa shape index (κ1) is 31.0. The number of aryl methyl sites for hydroxylation is 1. The molecule has 0 spiro atoms. The number of carbonyl (C=O) groups is 3. The Kier molecular flexibility index (Phi) is 11.9. The number of aliphatic carboxylic acids is 1. The van der Waals surface area contributed by atoms with Crippen LogP contribution in [0.3, 0.4) is 0 Å². The number of ketones is 1. The molecule has 0 aliphatic heterocycles. The first-order valence-electron chi connectivity index (χ1n) is 14.7. The molecule has 0 fully saturated rings. The summed E-state index contributed by atoms with van der Waals surface area (Å²) >= 11 is 0. The number of para-hydroxylation sites is 1. The Bertz CT molecular complexity index is 1460. The molecule has 4 rings (SSSR count). The van der Waals surface area contributed by atoms with Crippen LogP contribution in [0.1, 0.15) is 52.7 Å². The van der Waals surface area contributed by atoms with Gasteiger partial charge in [0.15, 0.2) is 5.78 Å². The summed E-state index contributed by atoms with van der Waals surface area (Å²) in [7, 11) is 0. The minimum absolute atomic E-state index is 0.0258. The molecule has 0 aromatic heterocycles. The van der Waals surface area contributed by atoms with Crippen molar-refractivity contribution in [3.8, 4) is 5.75 Å². The zero-order valence-electron chi connectivity index (χ0n) is 24.2. The highest BCUT2D eigenvalue weighted by Gasteiger charge is 2.21. The highest BCUT2D eigenvalue weighted by atomic mass is 16.5. The van der Waals surface area contributed by atoms with Crippen LogP contribution in [0.2, 0.25) is 0 Å². The molecular weight excluding hydrogens is 540 g/mol. The van der Waals surface area contributed by atoms with Gasteiger partial charge >= 0.3 is 5.97 Å². The van der Waals surface area contributed by atoms with Gasteiger partial charge in [0.25, 0.3) is 0 Å². The third-order valence-corrected chi connectivity index (χ3v) is 7.10. The molecule has 0 bridgehead atoms. The third-order valence-electron chi connectivity index (χ3n) is 7.10. The number of hydrogen-bond acceptors (Lipinski definition) is 5. The van der Waals surface area contributed by atoms with Crippen molar-refractivity contribution in [1.29, 1.82) is 0 Å². The Morgan fingerprint density at radius 1 is 0.721 bits per heavy atom. The molecule has 7 nitrogen and oxygen atoms in total. The maximum atomic E-state index is 13.1. The van der Waals surface area contributed by atoms with Crippen LogP contribution in [0.25, 0.3) is 0 Å². The number of carboxylic acid groups (broad SMARTS) is 1. The summed E-state index contributed by atoms with van der Waals surface area (Å²) in [5.74, 6) is -0.533. The predicted octanol–water partition coefficient (Wildman–Crippen LogP) is 6.32. The van der Waals surface area contributed by atoms with Crippen molar-refractivity contribution in [2.75, 3.05) is 18.5 Å².